The molecule has 1 aliphatic rings. The maximum atomic E-state index is 11.1. The first-order valence-electron chi connectivity index (χ1n) is 8.20. The number of primary amides is 1. The van der Waals surface area contributed by atoms with Crippen molar-refractivity contribution in [3.8, 4) is 11.5 Å². The molecule has 26 heavy (non-hydrogen) atoms. The number of nitrogens with one attached hydrogen (secondary N) is 2. The average molecular weight is 361 g/mol. The molecule has 1 fully saturated rings. The number of hydrogen-bond acceptors (Lipinski definition) is 8. The minimum absolute atomic E-state index is 0.434. The van der Waals surface area contributed by atoms with Gasteiger partial charge >= 0.3 is 6.03 Å². The first-order chi connectivity index (χ1) is 12.5. The summed E-state index contributed by atoms with van der Waals surface area (Å²) in [5.74, 6) is 2.12. The Morgan fingerprint density at radius 3 is 2.38 bits per heavy atom. The Bertz CT molecular complexity index is 806. The van der Waals surface area contributed by atoms with E-state index in [2.05, 4.69) is 37.7 Å². The van der Waals surface area contributed by atoms with Gasteiger partial charge in [0.25, 0.3) is 0 Å². The smallest absolute Gasteiger partial charge is 0.330 e. The molecule has 0 bridgehead atoms. The second kappa shape index (κ2) is 7.48. The van der Waals surface area contributed by atoms with Gasteiger partial charge in [0.2, 0.25) is 5.95 Å². The molecule has 4 N–H and O–H groups in total. The SMILES string of the molecule is COc1cc2nc(N3CCN(C)CC3)nc(NNC(N)=O)c2cc1OC. The van der Waals surface area contributed by atoms with Crippen LogP contribution in [-0.4, -0.2) is 68.3 Å². The summed E-state index contributed by atoms with van der Waals surface area (Å²) in [7, 11) is 5.21. The lowest BCUT2D eigenvalue weighted by Crippen LogP contribution is -2.45. The zero-order valence-corrected chi connectivity index (χ0v) is 15.1. The molecule has 0 radical (unpaired) electrons. The first-order valence-corrected chi connectivity index (χ1v) is 8.20. The van der Waals surface area contributed by atoms with Crippen molar-refractivity contribution in [1.82, 2.24) is 20.3 Å². The molecule has 1 saturated heterocycles. The van der Waals surface area contributed by atoms with Gasteiger partial charge in [-0.15, -0.1) is 0 Å². The number of urea groups is 1. The zero-order chi connectivity index (χ0) is 18.7. The topological polar surface area (TPSA) is 118 Å². The molecule has 3 rings (SSSR count). The lowest BCUT2D eigenvalue weighted by molar-refractivity contribution is 0.250. The van der Waals surface area contributed by atoms with Gasteiger partial charge in [0.1, 0.15) is 0 Å². The number of rotatable bonds is 5. The second-order valence-electron chi connectivity index (χ2n) is 6.00. The van der Waals surface area contributed by atoms with Crippen LogP contribution in [-0.2, 0) is 0 Å². The molecule has 0 saturated carbocycles. The standard InChI is InChI=1S/C16H23N7O3/c1-22-4-6-23(7-5-22)16-18-11-9-13(26-3)12(25-2)8-10(11)14(19-16)20-21-15(17)24/h8-9H,4-7H2,1-3H3,(H3,17,21,24)(H,18,19,20). The fourth-order valence-corrected chi connectivity index (χ4v) is 2.81. The molecule has 2 aromatic rings. The highest BCUT2D eigenvalue weighted by Crippen LogP contribution is 2.34. The molecular formula is C16H23N7O3. The van der Waals surface area contributed by atoms with Crippen molar-refractivity contribution in [1.29, 1.82) is 0 Å². The number of nitrogens with zero attached hydrogens (tertiary/aromatic N) is 4. The monoisotopic (exact) mass is 361 g/mol. The van der Waals surface area contributed by atoms with E-state index in [0.29, 0.717) is 34.2 Å². The number of benzene rings is 1. The van der Waals surface area contributed by atoms with E-state index < -0.39 is 6.03 Å². The fourth-order valence-electron chi connectivity index (χ4n) is 2.81. The van der Waals surface area contributed by atoms with Crippen molar-refractivity contribution >= 4 is 28.7 Å². The van der Waals surface area contributed by atoms with Crippen LogP contribution in [0.15, 0.2) is 12.1 Å². The summed E-state index contributed by atoms with van der Waals surface area (Å²) in [5.41, 5.74) is 10.9. The summed E-state index contributed by atoms with van der Waals surface area (Å²) in [6.07, 6.45) is 0. The number of fused-ring (bicyclic) bond motifs is 1. The van der Waals surface area contributed by atoms with Crippen molar-refractivity contribution in [2.24, 2.45) is 5.73 Å². The summed E-state index contributed by atoms with van der Waals surface area (Å²) in [6.45, 7) is 3.49. The van der Waals surface area contributed by atoms with E-state index in [-0.39, 0.29) is 0 Å². The van der Waals surface area contributed by atoms with E-state index in [1.807, 2.05) is 0 Å². The third kappa shape index (κ3) is 3.64. The highest BCUT2D eigenvalue weighted by Gasteiger charge is 2.20. The molecule has 140 valence electrons. The van der Waals surface area contributed by atoms with Gasteiger partial charge in [-0.2, -0.15) is 4.98 Å². The molecule has 10 nitrogen and oxygen atoms in total. The molecule has 1 aromatic heterocycles. The number of anilines is 2. The van der Waals surface area contributed by atoms with Crippen LogP contribution in [0.5, 0.6) is 11.5 Å². The maximum Gasteiger partial charge on any atom is 0.330 e. The Morgan fingerprint density at radius 2 is 1.77 bits per heavy atom. The Labute approximate surface area is 151 Å². The number of nitrogens with two attached hydrogens (primary N) is 1. The van der Waals surface area contributed by atoms with E-state index in [9.17, 15) is 4.79 Å². The average Bonchev–Trinajstić information content (AvgIpc) is 2.65. The highest BCUT2D eigenvalue weighted by atomic mass is 16.5. The molecule has 0 atom stereocenters. The van der Waals surface area contributed by atoms with E-state index >= 15 is 0 Å². The molecule has 10 heteroatoms. The van der Waals surface area contributed by atoms with Gasteiger partial charge in [-0.05, 0) is 13.1 Å². The molecule has 1 aliphatic heterocycles. The van der Waals surface area contributed by atoms with Crippen molar-refractivity contribution in [2.75, 3.05) is 57.8 Å². The largest absolute Gasteiger partial charge is 0.493 e. The lowest BCUT2D eigenvalue weighted by atomic mass is 10.2. The van der Waals surface area contributed by atoms with Gasteiger partial charge in [-0.1, -0.05) is 0 Å². The summed E-state index contributed by atoms with van der Waals surface area (Å²) >= 11 is 0. The van der Waals surface area contributed by atoms with Crippen LogP contribution in [0.3, 0.4) is 0 Å². The quantitative estimate of drug-likeness (QED) is 0.655. The molecule has 2 amide bonds. The van der Waals surface area contributed by atoms with Crippen LogP contribution in [0, 0.1) is 0 Å². The van der Waals surface area contributed by atoms with Crippen LogP contribution in [0.4, 0.5) is 16.6 Å². The third-order valence-electron chi connectivity index (χ3n) is 4.28. The van der Waals surface area contributed by atoms with Gasteiger partial charge in [0, 0.05) is 37.6 Å². The van der Waals surface area contributed by atoms with Gasteiger partial charge in [0.05, 0.1) is 19.7 Å². The van der Waals surface area contributed by atoms with E-state index in [0.717, 1.165) is 26.2 Å². The predicted molar refractivity (Wildman–Crippen MR) is 98.7 cm³/mol. The number of aromatic nitrogens is 2. The molecule has 0 spiro atoms. The van der Waals surface area contributed by atoms with E-state index in [1.54, 1.807) is 26.4 Å². The number of carbonyl (C=O) groups is 1. The number of ether oxygens (including phenoxy) is 2. The van der Waals surface area contributed by atoms with E-state index in [4.69, 9.17) is 15.2 Å². The Hall–Kier alpha value is -3.01. The molecule has 2 heterocycles. The lowest BCUT2D eigenvalue weighted by Gasteiger charge is -2.32. The number of hydrazine groups is 1. The van der Waals surface area contributed by atoms with Crippen molar-refractivity contribution in [2.45, 2.75) is 0 Å². The Kier molecular flexibility index (Phi) is 5.12. The zero-order valence-electron chi connectivity index (χ0n) is 15.1. The van der Waals surface area contributed by atoms with Gasteiger partial charge in [-0.3, -0.25) is 10.9 Å². The van der Waals surface area contributed by atoms with E-state index in [1.165, 1.54) is 0 Å². The highest BCUT2D eigenvalue weighted by molar-refractivity contribution is 5.93. The third-order valence-corrected chi connectivity index (χ3v) is 4.28. The number of methoxy groups -OCH3 is 2. The van der Waals surface area contributed by atoms with Crippen molar-refractivity contribution in [3.05, 3.63) is 12.1 Å². The molecule has 1 aromatic carbocycles. The number of amides is 2. The Balaban J connectivity index is 2.07. The molecule has 0 unspecified atom stereocenters. The van der Waals surface area contributed by atoms with Gasteiger partial charge in [0.15, 0.2) is 17.3 Å². The predicted octanol–water partition coefficient (Wildman–Crippen LogP) is 0.394. The second-order valence-corrected chi connectivity index (χ2v) is 6.00. The number of likely N-dealkylation sites (N-methyl/N-ethyl adjacent to an activating group) is 1. The minimum Gasteiger partial charge on any atom is -0.493 e. The molecular weight excluding hydrogens is 338 g/mol. The number of piperazine rings is 1. The number of hydrogen-bond donors (Lipinski definition) is 3. The minimum atomic E-state index is -0.710. The normalized spacial score (nSPS) is 15.0. The first kappa shape index (κ1) is 17.8. The van der Waals surface area contributed by atoms with Crippen molar-refractivity contribution < 1.29 is 14.3 Å². The van der Waals surface area contributed by atoms with Gasteiger partial charge in [-0.25, -0.2) is 9.78 Å². The van der Waals surface area contributed by atoms with Crippen LogP contribution >= 0.6 is 0 Å². The van der Waals surface area contributed by atoms with Crippen LogP contribution in [0.2, 0.25) is 0 Å². The summed E-state index contributed by atoms with van der Waals surface area (Å²) in [4.78, 5) is 24.7. The summed E-state index contributed by atoms with van der Waals surface area (Å²) in [5, 5.41) is 0.675. The van der Waals surface area contributed by atoms with Crippen LogP contribution < -0.4 is 31.0 Å². The Morgan fingerprint density at radius 1 is 1.12 bits per heavy atom. The van der Waals surface area contributed by atoms with Crippen molar-refractivity contribution in [3.63, 3.8) is 0 Å². The fraction of sp³-hybridized carbons (Fsp3) is 0.438. The number of carbonyl (C=O) groups excluding carboxylic acids is 1. The van der Waals surface area contributed by atoms with Crippen LogP contribution in [0.1, 0.15) is 0 Å². The van der Waals surface area contributed by atoms with Gasteiger partial charge < -0.3 is 25.0 Å². The summed E-state index contributed by atoms with van der Waals surface area (Å²) in [6, 6.07) is 2.83. The maximum absolute atomic E-state index is 11.1. The van der Waals surface area contributed by atoms with Crippen LogP contribution in [0.25, 0.3) is 10.9 Å². The molecule has 0 aliphatic carbocycles. The summed E-state index contributed by atoms with van der Waals surface area (Å²) < 4.78 is 10.7.